The number of amides is 1. The predicted octanol–water partition coefficient (Wildman–Crippen LogP) is 1.67. The quantitative estimate of drug-likeness (QED) is 0.778. The first-order valence-electron chi connectivity index (χ1n) is 6.18. The fourth-order valence-electron chi connectivity index (χ4n) is 1.57. The number of carbonyl (C=O) groups is 1. The highest BCUT2D eigenvalue weighted by Crippen LogP contribution is 2.11. The zero-order valence-electron chi connectivity index (χ0n) is 11.2. The minimum absolute atomic E-state index is 0.0403. The average Bonchev–Trinajstić information content (AvgIpc) is 2.30. The van der Waals surface area contributed by atoms with E-state index in [0.717, 1.165) is 6.42 Å². The Balaban J connectivity index is 2.57. The van der Waals surface area contributed by atoms with Crippen molar-refractivity contribution in [2.75, 3.05) is 22.6 Å². The van der Waals surface area contributed by atoms with Crippen LogP contribution in [0.15, 0.2) is 24.3 Å². The SMILES string of the molecule is CCC(C)CS(=O)(=O)CC(=O)Nc1ccc(N)cc1. The van der Waals surface area contributed by atoms with Crippen molar-refractivity contribution in [3.05, 3.63) is 24.3 Å². The van der Waals surface area contributed by atoms with Gasteiger partial charge in [0.2, 0.25) is 5.91 Å². The largest absolute Gasteiger partial charge is 0.399 e. The van der Waals surface area contributed by atoms with Crippen molar-refractivity contribution in [3.63, 3.8) is 0 Å². The highest BCUT2D eigenvalue weighted by atomic mass is 32.2. The highest BCUT2D eigenvalue weighted by molar-refractivity contribution is 7.92. The molecule has 1 amide bonds. The van der Waals surface area contributed by atoms with Crippen LogP contribution >= 0.6 is 0 Å². The fourth-order valence-corrected chi connectivity index (χ4v) is 3.27. The lowest BCUT2D eigenvalue weighted by molar-refractivity contribution is -0.113. The molecule has 0 aromatic heterocycles. The zero-order valence-corrected chi connectivity index (χ0v) is 12.0. The van der Waals surface area contributed by atoms with Crippen LogP contribution in [0, 0.1) is 5.92 Å². The van der Waals surface area contributed by atoms with Crippen molar-refractivity contribution in [3.8, 4) is 0 Å². The number of hydrogen-bond donors (Lipinski definition) is 2. The molecule has 1 aromatic rings. The summed E-state index contributed by atoms with van der Waals surface area (Å²) in [6.07, 6.45) is 0.777. The van der Waals surface area contributed by atoms with Gasteiger partial charge in [0.15, 0.2) is 9.84 Å². The van der Waals surface area contributed by atoms with E-state index < -0.39 is 21.5 Å². The van der Waals surface area contributed by atoms with Crippen LogP contribution < -0.4 is 11.1 Å². The second kappa shape index (κ2) is 6.56. The Labute approximate surface area is 114 Å². The lowest BCUT2D eigenvalue weighted by Crippen LogP contribution is -2.26. The summed E-state index contributed by atoms with van der Waals surface area (Å²) in [5, 5.41) is 2.54. The summed E-state index contributed by atoms with van der Waals surface area (Å²) >= 11 is 0. The Morgan fingerprint density at radius 1 is 1.32 bits per heavy atom. The van der Waals surface area contributed by atoms with Gasteiger partial charge in [-0.1, -0.05) is 20.3 Å². The topological polar surface area (TPSA) is 89.3 Å². The third-order valence-corrected chi connectivity index (χ3v) is 4.56. The molecule has 0 aliphatic carbocycles. The molecule has 1 atom stereocenters. The molecule has 0 bridgehead atoms. The molecule has 0 saturated carbocycles. The van der Waals surface area contributed by atoms with Crippen LogP contribution in [0.1, 0.15) is 20.3 Å². The minimum atomic E-state index is -3.36. The molecule has 0 aliphatic rings. The molecule has 5 nitrogen and oxygen atoms in total. The Hall–Kier alpha value is -1.56. The molecule has 106 valence electrons. The van der Waals surface area contributed by atoms with E-state index in [1.807, 2.05) is 13.8 Å². The van der Waals surface area contributed by atoms with Crippen LogP contribution in [0.25, 0.3) is 0 Å². The van der Waals surface area contributed by atoms with Crippen molar-refractivity contribution < 1.29 is 13.2 Å². The molecule has 0 aliphatic heterocycles. The number of anilines is 2. The molecule has 0 spiro atoms. The number of nitrogen functional groups attached to an aromatic ring is 1. The van der Waals surface area contributed by atoms with Crippen molar-refractivity contribution in [1.82, 2.24) is 0 Å². The van der Waals surface area contributed by atoms with Gasteiger partial charge < -0.3 is 11.1 Å². The van der Waals surface area contributed by atoms with Gasteiger partial charge in [0.1, 0.15) is 5.75 Å². The molecule has 0 saturated heterocycles. The number of rotatable bonds is 6. The number of carbonyl (C=O) groups excluding carboxylic acids is 1. The first-order chi connectivity index (χ1) is 8.82. The van der Waals surface area contributed by atoms with E-state index >= 15 is 0 Å². The third kappa shape index (κ3) is 5.74. The first-order valence-corrected chi connectivity index (χ1v) is 8.00. The van der Waals surface area contributed by atoms with Crippen molar-refractivity contribution in [2.45, 2.75) is 20.3 Å². The molecule has 0 heterocycles. The van der Waals surface area contributed by atoms with E-state index in [1.165, 1.54) is 0 Å². The number of benzene rings is 1. The minimum Gasteiger partial charge on any atom is -0.399 e. The Kier molecular flexibility index (Phi) is 5.35. The van der Waals surface area contributed by atoms with Gasteiger partial charge in [0.25, 0.3) is 0 Å². The number of nitrogens with one attached hydrogen (secondary N) is 1. The van der Waals surface area contributed by atoms with Crippen molar-refractivity contribution in [1.29, 1.82) is 0 Å². The van der Waals surface area contributed by atoms with Gasteiger partial charge in [-0.05, 0) is 30.2 Å². The maximum Gasteiger partial charge on any atom is 0.239 e. The maximum absolute atomic E-state index is 11.8. The molecule has 3 N–H and O–H groups in total. The summed E-state index contributed by atoms with van der Waals surface area (Å²) in [4.78, 5) is 11.7. The van der Waals surface area contributed by atoms with Crippen molar-refractivity contribution in [2.24, 2.45) is 5.92 Å². The van der Waals surface area contributed by atoms with Crippen LogP contribution in [-0.2, 0) is 14.6 Å². The van der Waals surface area contributed by atoms with Crippen LogP contribution in [0.4, 0.5) is 11.4 Å². The summed E-state index contributed by atoms with van der Waals surface area (Å²) in [7, 11) is -3.36. The number of hydrogen-bond acceptors (Lipinski definition) is 4. The van der Waals surface area contributed by atoms with E-state index in [0.29, 0.717) is 11.4 Å². The number of nitrogens with two attached hydrogens (primary N) is 1. The molecular weight excluding hydrogens is 264 g/mol. The highest BCUT2D eigenvalue weighted by Gasteiger charge is 2.19. The van der Waals surface area contributed by atoms with E-state index in [2.05, 4.69) is 5.32 Å². The van der Waals surface area contributed by atoms with Gasteiger partial charge in [-0.2, -0.15) is 0 Å². The smallest absolute Gasteiger partial charge is 0.239 e. The summed E-state index contributed by atoms with van der Waals surface area (Å²) in [5.74, 6) is -0.900. The zero-order chi connectivity index (χ0) is 14.5. The predicted molar refractivity (Wildman–Crippen MR) is 77.6 cm³/mol. The van der Waals surface area contributed by atoms with Gasteiger partial charge in [0, 0.05) is 11.4 Å². The third-order valence-electron chi connectivity index (χ3n) is 2.78. The van der Waals surface area contributed by atoms with E-state index in [9.17, 15) is 13.2 Å². The molecule has 1 unspecified atom stereocenters. The van der Waals surface area contributed by atoms with Gasteiger partial charge >= 0.3 is 0 Å². The van der Waals surface area contributed by atoms with Crippen LogP contribution in [0.3, 0.4) is 0 Å². The van der Waals surface area contributed by atoms with Crippen LogP contribution in [0.5, 0.6) is 0 Å². The lowest BCUT2D eigenvalue weighted by atomic mass is 10.2. The molecule has 1 rings (SSSR count). The van der Waals surface area contributed by atoms with Gasteiger partial charge in [-0.15, -0.1) is 0 Å². The maximum atomic E-state index is 11.8. The first kappa shape index (κ1) is 15.5. The standard InChI is InChI=1S/C13H20N2O3S/c1-3-10(2)8-19(17,18)9-13(16)15-12-6-4-11(14)5-7-12/h4-7,10H,3,8-9,14H2,1-2H3,(H,15,16). The molecule has 19 heavy (non-hydrogen) atoms. The normalized spacial score (nSPS) is 12.9. The van der Waals surface area contributed by atoms with E-state index in [4.69, 9.17) is 5.73 Å². The summed E-state index contributed by atoms with van der Waals surface area (Å²) in [5.41, 5.74) is 6.65. The molecule has 0 radical (unpaired) electrons. The lowest BCUT2D eigenvalue weighted by Gasteiger charge is -2.10. The van der Waals surface area contributed by atoms with Gasteiger partial charge in [-0.3, -0.25) is 4.79 Å². The second-order valence-corrected chi connectivity index (χ2v) is 6.85. The van der Waals surface area contributed by atoms with Crippen LogP contribution in [0.2, 0.25) is 0 Å². The Bertz CT molecular complexity index is 523. The van der Waals surface area contributed by atoms with Gasteiger partial charge in [-0.25, -0.2) is 8.42 Å². The monoisotopic (exact) mass is 284 g/mol. The Morgan fingerprint density at radius 3 is 2.42 bits per heavy atom. The van der Waals surface area contributed by atoms with E-state index in [-0.39, 0.29) is 11.7 Å². The second-order valence-electron chi connectivity index (χ2n) is 4.74. The molecule has 1 aromatic carbocycles. The molecule has 6 heteroatoms. The van der Waals surface area contributed by atoms with E-state index in [1.54, 1.807) is 24.3 Å². The van der Waals surface area contributed by atoms with Crippen LogP contribution in [-0.4, -0.2) is 25.8 Å². The summed E-state index contributed by atoms with van der Waals surface area (Å²) < 4.78 is 23.5. The number of sulfone groups is 1. The summed E-state index contributed by atoms with van der Waals surface area (Å²) in [6, 6.07) is 6.55. The fraction of sp³-hybridized carbons (Fsp3) is 0.462. The summed E-state index contributed by atoms with van der Waals surface area (Å²) in [6.45, 7) is 3.78. The average molecular weight is 284 g/mol. The Morgan fingerprint density at radius 2 is 1.89 bits per heavy atom. The molecule has 0 fully saturated rings. The van der Waals surface area contributed by atoms with Crippen molar-refractivity contribution >= 4 is 27.1 Å². The molecular formula is C13H20N2O3S. The van der Waals surface area contributed by atoms with Gasteiger partial charge in [0.05, 0.1) is 5.75 Å².